The summed E-state index contributed by atoms with van der Waals surface area (Å²) in [6.45, 7) is 6.36. The molecule has 140 valence electrons. The summed E-state index contributed by atoms with van der Waals surface area (Å²) in [4.78, 5) is 4.39. The molecule has 0 unspecified atom stereocenters. The van der Waals surface area contributed by atoms with Gasteiger partial charge in [0.05, 0.1) is 12.0 Å². The summed E-state index contributed by atoms with van der Waals surface area (Å²) in [5.74, 6) is 1.71. The number of halogens is 1. The molecule has 1 heterocycles. The van der Waals surface area contributed by atoms with E-state index in [9.17, 15) is 8.42 Å². The Labute approximate surface area is 161 Å². The number of hydrogen-bond acceptors (Lipinski definition) is 5. The van der Waals surface area contributed by atoms with Crippen LogP contribution in [-0.2, 0) is 21.2 Å². The van der Waals surface area contributed by atoms with Crippen molar-refractivity contribution in [3.05, 3.63) is 24.2 Å². The smallest absolute Gasteiger partial charge is 0.191 e. The Morgan fingerprint density at radius 2 is 2.12 bits per heavy atom. The van der Waals surface area contributed by atoms with E-state index in [0.29, 0.717) is 32.3 Å². The fourth-order valence-electron chi connectivity index (χ4n) is 1.74. The normalized spacial score (nSPS) is 11.8. The number of guanidine groups is 1. The molecule has 0 aromatic carbocycles. The van der Waals surface area contributed by atoms with E-state index >= 15 is 0 Å². The summed E-state index contributed by atoms with van der Waals surface area (Å²) in [7, 11) is -2.96. The first-order valence-corrected chi connectivity index (χ1v) is 9.72. The summed E-state index contributed by atoms with van der Waals surface area (Å²) in [5.41, 5.74) is 0. The highest BCUT2D eigenvalue weighted by Gasteiger charge is 2.07. The average molecular weight is 473 g/mol. The van der Waals surface area contributed by atoms with E-state index in [1.165, 1.54) is 0 Å². The van der Waals surface area contributed by atoms with Crippen LogP contribution in [-0.4, -0.2) is 52.1 Å². The minimum atomic E-state index is -2.96. The van der Waals surface area contributed by atoms with Gasteiger partial charge in [0.1, 0.15) is 12.4 Å². The van der Waals surface area contributed by atoms with Crippen molar-refractivity contribution >= 4 is 39.8 Å². The van der Waals surface area contributed by atoms with E-state index < -0.39 is 9.84 Å². The maximum atomic E-state index is 11.4. The lowest BCUT2D eigenvalue weighted by atomic mass is 10.4. The van der Waals surface area contributed by atoms with Crippen LogP contribution in [0.4, 0.5) is 0 Å². The molecule has 0 aliphatic rings. The zero-order valence-electron chi connectivity index (χ0n) is 14.3. The quantitative estimate of drug-likeness (QED) is 0.220. The van der Waals surface area contributed by atoms with E-state index in [4.69, 9.17) is 9.15 Å². The Morgan fingerprint density at radius 1 is 1.33 bits per heavy atom. The highest BCUT2D eigenvalue weighted by atomic mass is 127. The van der Waals surface area contributed by atoms with Crippen LogP contribution >= 0.6 is 24.0 Å². The third kappa shape index (κ3) is 10.9. The van der Waals surface area contributed by atoms with Crippen molar-refractivity contribution in [2.75, 3.05) is 37.7 Å². The van der Waals surface area contributed by atoms with Gasteiger partial charge >= 0.3 is 0 Å². The van der Waals surface area contributed by atoms with Gasteiger partial charge in [-0.2, -0.15) is 0 Å². The van der Waals surface area contributed by atoms with Crippen molar-refractivity contribution in [3.8, 4) is 0 Å². The van der Waals surface area contributed by atoms with Gasteiger partial charge in [-0.15, -0.1) is 24.0 Å². The van der Waals surface area contributed by atoms with Crippen molar-refractivity contribution in [2.24, 2.45) is 4.99 Å². The zero-order chi connectivity index (χ0) is 17.0. The van der Waals surface area contributed by atoms with Crippen LogP contribution in [0.1, 0.15) is 26.0 Å². The van der Waals surface area contributed by atoms with Crippen LogP contribution < -0.4 is 10.6 Å². The number of nitrogens with one attached hydrogen (secondary N) is 2. The minimum Gasteiger partial charge on any atom is -0.467 e. The minimum absolute atomic E-state index is 0. The number of hydrogen-bond donors (Lipinski definition) is 2. The number of sulfone groups is 1. The molecule has 0 bridgehead atoms. The molecule has 0 spiro atoms. The Kier molecular flexibility index (Phi) is 13.0. The zero-order valence-corrected chi connectivity index (χ0v) is 17.4. The second-order valence-electron chi connectivity index (χ2n) is 4.91. The number of ether oxygens (including phenoxy) is 1. The monoisotopic (exact) mass is 473 g/mol. The molecule has 1 aromatic heterocycles. The molecule has 0 aliphatic heterocycles. The fourth-order valence-corrected chi connectivity index (χ4v) is 2.44. The first kappa shape index (κ1) is 23.2. The predicted molar refractivity (Wildman–Crippen MR) is 107 cm³/mol. The Bertz CT molecular complexity index is 547. The molecular weight excluding hydrogens is 445 g/mol. The summed E-state index contributed by atoms with van der Waals surface area (Å²) >= 11 is 0. The molecule has 2 N–H and O–H groups in total. The first-order valence-electron chi connectivity index (χ1n) is 7.90. The molecule has 0 atom stereocenters. The Morgan fingerprint density at radius 3 is 2.75 bits per heavy atom. The van der Waals surface area contributed by atoms with Crippen molar-refractivity contribution < 1.29 is 17.6 Å². The highest BCUT2D eigenvalue weighted by Crippen LogP contribution is 2.01. The molecule has 0 saturated heterocycles. The summed E-state index contributed by atoms with van der Waals surface area (Å²) in [6.07, 6.45) is 2.40. The first-order chi connectivity index (χ1) is 11.1. The van der Waals surface area contributed by atoms with Crippen LogP contribution in [0, 0.1) is 0 Å². The molecule has 0 fully saturated rings. The maximum Gasteiger partial charge on any atom is 0.191 e. The fraction of sp³-hybridized carbons (Fsp3) is 0.667. The predicted octanol–water partition coefficient (Wildman–Crippen LogP) is 1.79. The van der Waals surface area contributed by atoms with Crippen molar-refractivity contribution in [2.45, 2.75) is 26.9 Å². The topological polar surface area (TPSA) is 92.9 Å². The van der Waals surface area contributed by atoms with Gasteiger partial charge in [-0.25, -0.2) is 8.42 Å². The lowest BCUT2D eigenvalue weighted by Gasteiger charge is -2.11. The summed E-state index contributed by atoms with van der Waals surface area (Å²) in [6, 6.07) is 3.70. The molecule has 0 aliphatic carbocycles. The number of nitrogens with zero attached hydrogens (tertiary/aromatic N) is 1. The molecular formula is C15H28IN3O4S. The SMILES string of the molecule is CCNC(=NCCCOCc1ccco1)NCCS(=O)(=O)CC.I. The second-order valence-corrected chi connectivity index (χ2v) is 7.38. The van der Waals surface area contributed by atoms with E-state index in [1.807, 2.05) is 19.1 Å². The van der Waals surface area contributed by atoms with Gasteiger partial charge in [-0.3, -0.25) is 4.99 Å². The molecule has 9 heteroatoms. The largest absolute Gasteiger partial charge is 0.467 e. The van der Waals surface area contributed by atoms with Gasteiger partial charge < -0.3 is 19.8 Å². The van der Waals surface area contributed by atoms with Gasteiger partial charge in [0, 0.05) is 32.0 Å². The molecule has 0 radical (unpaired) electrons. The summed E-state index contributed by atoms with van der Waals surface area (Å²) in [5, 5.41) is 6.12. The van der Waals surface area contributed by atoms with Gasteiger partial charge in [-0.1, -0.05) is 6.92 Å². The van der Waals surface area contributed by atoms with Gasteiger partial charge in [0.2, 0.25) is 0 Å². The molecule has 1 aromatic rings. The van der Waals surface area contributed by atoms with Gasteiger partial charge in [0.15, 0.2) is 15.8 Å². The highest BCUT2D eigenvalue weighted by molar-refractivity contribution is 14.0. The van der Waals surface area contributed by atoms with Crippen molar-refractivity contribution in [1.82, 2.24) is 10.6 Å². The van der Waals surface area contributed by atoms with Crippen LogP contribution in [0.3, 0.4) is 0 Å². The molecule has 1 rings (SSSR count). The van der Waals surface area contributed by atoms with Crippen LogP contribution in [0.15, 0.2) is 27.8 Å². The second kappa shape index (κ2) is 13.5. The van der Waals surface area contributed by atoms with E-state index in [0.717, 1.165) is 18.7 Å². The van der Waals surface area contributed by atoms with E-state index in [-0.39, 0.29) is 35.5 Å². The standard InChI is InChI=1S/C15H27N3O4S.HI/c1-3-16-15(18-9-12-23(19,20)4-2)17-8-6-10-21-13-14-7-5-11-22-14;/h5,7,11H,3-4,6,8-10,12-13H2,1-2H3,(H2,16,17,18);1H. The Hall–Kier alpha value is -0.810. The van der Waals surface area contributed by atoms with Crippen molar-refractivity contribution in [3.63, 3.8) is 0 Å². The summed E-state index contributed by atoms with van der Waals surface area (Å²) < 4.78 is 33.5. The Balaban J connectivity index is 0.00000529. The lowest BCUT2D eigenvalue weighted by molar-refractivity contribution is 0.105. The van der Waals surface area contributed by atoms with Crippen LogP contribution in [0.2, 0.25) is 0 Å². The molecule has 7 nitrogen and oxygen atoms in total. The van der Waals surface area contributed by atoms with Crippen LogP contribution in [0.5, 0.6) is 0 Å². The van der Waals surface area contributed by atoms with Crippen LogP contribution in [0.25, 0.3) is 0 Å². The molecule has 0 amide bonds. The molecule has 0 saturated carbocycles. The van der Waals surface area contributed by atoms with E-state index in [1.54, 1.807) is 13.2 Å². The number of furan rings is 1. The van der Waals surface area contributed by atoms with Gasteiger partial charge in [0.25, 0.3) is 0 Å². The maximum absolute atomic E-state index is 11.4. The number of aliphatic imine (C=N–C) groups is 1. The third-order valence-electron chi connectivity index (χ3n) is 3.03. The van der Waals surface area contributed by atoms with E-state index in [2.05, 4.69) is 15.6 Å². The average Bonchev–Trinajstić information content (AvgIpc) is 3.03. The lowest BCUT2D eigenvalue weighted by Crippen LogP contribution is -2.39. The third-order valence-corrected chi connectivity index (χ3v) is 4.74. The van der Waals surface area contributed by atoms with Gasteiger partial charge in [-0.05, 0) is 25.5 Å². The number of rotatable bonds is 11. The molecule has 24 heavy (non-hydrogen) atoms. The van der Waals surface area contributed by atoms with Crippen molar-refractivity contribution in [1.29, 1.82) is 0 Å².